The molecule has 0 saturated heterocycles. The molecule has 4 aromatic carbocycles. The first-order chi connectivity index (χ1) is 25.1. The lowest BCUT2D eigenvalue weighted by Crippen LogP contribution is -2.45. The van der Waals surface area contributed by atoms with Gasteiger partial charge >= 0.3 is 0 Å². The van der Waals surface area contributed by atoms with Crippen LogP contribution in [0.15, 0.2) is 97.1 Å². The molecule has 2 aliphatic rings. The number of benzene rings is 4. The first kappa shape index (κ1) is 36.2. The third-order valence-electron chi connectivity index (χ3n) is 10.2. The summed E-state index contributed by atoms with van der Waals surface area (Å²) in [4.78, 5) is 53.6. The van der Waals surface area contributed by atoms with Gasteiger partial charge in [0, 0.05) is 7.05 Å². The zero-order valence-corrected chi connectivity index (χ0v) is 30.1. The molecule has 2 atom stereocenters. The second kappa shape index (κ2) is 15.3. The minimum Gasteiger partial charge on any atom is -0.497 e. The van der Waals surface area contributed by atoms with Crippen LogP contribution in [0.4, 0.5) is 0 Å². The normalized spacial score (nSPS) is 16.0. The number of aryl methyl sites for hydroxylation is 2. The van der Waals surface area contributed by atoms with E-state index < -0.39 is 22.9 Å². The van der Waals surface area contributed by atoms with Crippen molar-refractivity contribution in [2.24, 2.45) is 0 Å². The van der Waals surface area contributed by atoms with Gasteiger partial charge in [0.1, 0.15) is 30.2 Å². The van der Waals surface area contributed by atoms with Gasteiger partial charge in [-0.05, 0) is 86.1 Å². The topological polar surface area (TPSA) is 135 Å². The van der Waals surface area contributed by atoms with E-state index in [0.717, 1.165) is 33.6 Å². The molecular weight excluding hydrogens is 656 g/mol. The standard InChI is InChI=1S/C42H46N4O6/c1-27-8-10-29(11-9-27)35(37(47)43-3)45-39(49)42(22-23-42)32-14-18-34(19-15-32)52-25-24-44-38(48)36(30-7-5-6-28(2)26-30)46-40(50)41(20-21-41)31-12-16-33(51-4)17-13-31/h5-19,26,35-36H,20-25H2,1-4H3,(H,43,47)(H,44,48)(H,45,49)(H,46,50). The van der Waals surface area contributed by atoms with Crippen LogP contribution < -0.4 is 30.7 Å². The Kier molecular flexibility index (Phi) is 10.6. The van der Waals surface area contributed by atoms with Gasteiger partial charge in [-0.1, -0.05) is 83.9 Å². The fourth-order valence-corrected chi connectivity index (χ4v) is 6.66. The van der Waals surface area contributed by atoms with E-state index in [2.05, 4.69) is 21.3 Å². The van der Waals surface area contributed by atoms with Gasteiger partial charge < -0.3 is 30.7 Å². The molecule has 2 aliphatic carbocycles. The maximum atomic E-state index is 13.7. The SMILES string of the molecule is CNC(=O)C(NC(=O)C1(c2ccc(OCCNC(=O)C(NC(=O)C3(c4ccc(OC)cc4)CC3)c3cccc(C)c3)cc2)CC1)c1ccc(C)cc1. The third-order valence-corrected chi connectivity index (χ3v) is 10.2. The van der Waals surface area contributed by atoms with E-state index >= 15 is 0 Å². The number of ether oxygens (including phenoxy) is 2. The zero-order chi connectivity index (χ0) is 36.9. The quantitative estimate of drug-likeness (QED) is 0.129. The van der Waals surface area contributed by atoms with Crippen LogP contribution in [0.5, 0.6) is 11.5 Å². The molecule has 10 nitrogen and oxygen atoms in total. The molecule has 0 radical (unpaired) electrons. The van der Waals surface area contributed by atoms with Crippen molar-refractivity contribution >= 4 is 23.6 Å². The van der Waals surface area contributed by atoms with Crippen molar-refractivity contribution in [1.82, 2.24) is 21.3 Å². The molecule has 0 aliphatic heterocycles. The highest BCUT2D eigenvalue weighted by atomic mass is 16.5. The van der Waals surface area contributed by atoms with Crippen LogP contribution >= 0.6 is 0 Å². The highest BCUT2D eigenvalue weighted by Gasteiger charge is 2.53. The van der Waals surface area contributed by atoms with Gasteiger partial charge in [-0.2, -0.15) is 0 Å². The minimum absolute atomic E-state index is 0.183. The zero-order valence-electron chi connectivity index (χ0n) is 30.1. The van der Waals surface area contributed by atoms with Gasteiger partial charge in [0.25, 0.3) is 0 Å². The maximum absolute atomic E-state index is 13.7. The molecular formula is C42H46N4O6. The van der Waals surface area contributed by atoms with E-state index in [1.807, 2.05) is 111 Å². The van der Waals surface area contributed by atoms with Crippen LogP contribution in [0.25, 0.3) is 0 Å². The lowest BCUT2D eigenvalue weighted by molar-refractivity contribution is -0.130. The van der Waals surface area contributed by atoms with Crippen molar-refractivity contribution < 1.29 is 28.7 Å². The van der Waals surface area contributed by atoms with Gasteiger partial charge in [0.05, 0.1) is 24.5 Å². The summed E-state index contributed by atoms with van der Waals surface area (Å²) in [5, 5.41) is 11.6. The predicted octanol–water partition coefficient (Wildman–Crippen LogP) is 5.03. The number of hydrogen-bond acceptors (Lipinski definition) is 6. The Balaban J connectivity index is 1.05. The molecule has 6 rings (SSSR count). The molecule has 0 aromatic heterocycles. The Morgan fingerprint density at radius 3 is 1.69 bits per heavy atom. The number of carbonyl (C=O) groups is 4. The van der Waals surface area contributed by atoms with E-state index in [9.17, 15) is 19.2 Å². The van der Waals surface area contributed by atoms with E-state index in [4.69, 9.17) is 9.47 Å². The number of rotatable bonds is 15. The summed E-state index contributed by atoms with van der Waals surface area (Å²) in [7, 11) is 3.16. The highest BCUT2D eigenvalue weighted by molar-refractivity contribution is 5.96. The van der Waals surface area contributed by atoms with Crippen molar-refractivity contribution in [2.45, 2.75) is 62.4 Å². The minimum atomic E-state index is -0.878. The van der Waals surface area contributed by atoms with Crippen molar-refractivity contribution in [2.75, 3.05) is 27.3 Å². The molecule has 2 unspecified atom stereocenters. The summed E-state index contributed by atoms with van der Waals surface area (Å²) in [5.41, 5.74) is 3.85. The van der Waals surface area contributed by atoms with Crippen LogP contribution in [0, 0.1) is 13.8 Å². The largest absolute Gasteiger partial charge is 0.497 e. The molecule has 10 heteroatoms. The number of likely N-dealkylation sites (N-methyl/N-ethyl adjacent to an activating group) is 1. The van der Waals surface area contributed by atoms with Gasteiger partial charge in [0.15, 0.2) is 0 Å². The Morgan fingerprint density at radius 1 is 0.654 bits per heavy atom. The fourth-order valence-electron chi connectivity index (χ4n) is 6.66. The van der Waals surface area contributed by atoms with Crippen LogP contribution in [0.1, 0.15) is 71.1 Å². The molecule has 0 bridgehead atoms. The molecule has 52 heavy (non-hydrogen) atoms. The molecule has 4 N–H and O–H groups in total. The summed E-state index contributed by atoms with van der Waals surface area (Å²) in [5.74, 6) is 0.330. The second-order valence-corrected chi connectivity index (χ2v) is 13.8. The number of amides is 4. The number of methoxy groups -OCH3 is 1. The van der Waals surface area contributed by atoms with Gasteiger partial charge in [-0.15, -0.1) is 0 Å². The lowest BCUT2D eigenvalue weighted by Gasteiger charge is -2.23. The average molecular weight is 703 g/mol. The maximum Gasteiger partial charge on any atom is 0.247 e. The number of nitrogens with one attached hydrogen (secondary N) is 4. The molecule has 4 aromatic rings. The van der Waals surface area contributed by atoms with E-state index in [1.165, 1.54) is 0 Å². The molecule has 270 valence electrons. The van der Waals surface area contributed by atoms with Crippen LogP contribution in [-0.4, -0.2) is 50.9 Å². The first-order valence-electron chi connectivity index (χ1n) is 17.7. The number of carbonyl (C=O) groups excluding carboxylic acids is 4. The van der Waals surface area contributed by atoms with Crippen molar-refractivity contribution in [3.8, 4) is 11.5 Å². The highest BCUT2D eigenvalue weighted by Crippen LogP contribution is 2.50. The summed E-state index contributed by atoms with van der Waals surface area (Å²) in [6.07, 6.45) is 2.77. The molecule has 0 heterocycles. The molecule has 2 saturated carbocycles. The molecule has 0 spiro atoms. The third kappa shape index (κ3) is 7.81. The van der Waals surface area contributed by atoms with Crippen molar-refractivity contribution in [3.63, 3.8) is 0 Å². The summed E-state index contributed by atoms with van der Waals surface area (Å²) < 4.78 is 11.2. The smallest absolute Gasteiger partial charge is 0.247 e. The summed E-state index contributed by atoms with van der Waals surface area (Å²) in [6.45, 7) is 4.34. The van der Waals surface area contributed by atoms with Crippen LogP contribution in [-0.2, 0) is 30.0 Å². The number of hydrogen-bond donors (Lipinski definition) is 4. The molecule has 4 amide bonds. The Bertz CT molecular complexity index is 1920. The van der Waals surface area contributed by atoms with Crippen molar-refractivity contribution in [3.05, 3.63) is 130 Å². The predicted molar refractivity (Wildman–Crippen MR) is 198 cm³/mol. The van der Waals surface area contributed by atoms with Gasteiger partial charge in [0.2, 0.25) is 23.6 Å². The summed E-state index contributed by atoms with van der Waals surface area (Å²) >= 11 is 0. The first-order valence-corrected chi connectivity index (χ1v) is 17.7. The lowest BCUT2D eigenvalue weighted by atomic mass is 9.93. The van der Waals surface area contributed by atoms with Crippen LogP contribution in [0.3, 0.4) is 0 Å². The van der Waals surface area contributed by atoms with Gasteiger partial charge in [-0.3, -0.25) is 19.2 Å². The monoisotopic (exact) mass is 702 g/mol. The average Bonchev–Trinajstić information content (AvgIpc) is 4.10. The van der Waals surface area contributed by atoms with Crippen molar-refractivity contribution in [1.29, 1.82) is 0 Å². The fraction of sp³-hybridized carbons (Fsp3) is 0.333. The second-order valence-electron chi connectivity index (χ2n) is 13.8. The van der Waals surface area contributed by atoms with E-state index in [-0.39, 0.29) is 36.8 Å². The van der Waals surface area contributed by atoms with E-state index in [0.29, 0.717) is 37.0 Å². The Labute approximate surface area is 304 Å². The molecule has 2 fully saturated rings. The summed E-state index contributed by atoms with van der Waals surface area (Å²) in [6, 6.07) is 28.3. The Hall–Kier alpha value is -5.64. The Morgan fingerprint density at radius 2 is 1.19 bits per heavy atom. The van der Waals surface area contributed by atoms with E-state index in [1.54, 1.807) is 14.2 Å². The van der Waals surface area contributed by atoms with Crippen LogP contribution in [0.2, 0.25) is 0 Å². The van der Waals surface area contributed by atoms with Gasteiger partial charge in [-0.25, -0.2) is 0 Å².